The van der Waals surface area contributed by atoms with Gasteiger partial charge in [0.25, 0.3) is 0 Å². The number of nitrogens with zero attached hydrogens (tertiary/aromatic N) is 2. The van der Waals surface area contributed by atoms with Crippen LogP contribution in [0.4, 0.5) is 8.78 Å². The molecule has 172 valence electrons. The van der Waals surface area contributed by atoms with Crippen molar-refractivity contribution < 1.29 is 13.6 Å². The molecule has 1 aliphatic heterocycles. The van der Waals surface area contributed by atoms with Gasteiger partial charge in [0.2, 0.25) is 5.91 Å². The molecule has 0 bridgehead atoms. The summed E-state index contributed by atoms with van der Waals surface area (Å²) in [6, 6.07) is 13.6. The lowest BCUT2D eigenvalue weighted by Crippen LogP contribution is -2.48. The number of halogens is 2. The predicted molar refractivity (Wildman–Crippen MR) is 126 cm³/mol. The van der Waals surface area contributed by atoms with Crippen LogP contribution in [0.3, 0.4) is 0 Å². The molecule has 1 saturated heterocycles. The first-order valence-electron chi connectivity index (χ1n) is 11.0. The Kier molecular flexibility index (Phi) is 8.01. The van der Waals surface area contributed by atoms with Gasteiger partial charge in [0.05, 0.1) is 5.75 Å². The van der Waals surface area contributed by atoms with Crippen molar-refractivity contribution in [2.75, 3.05) is 18.8 Å². The van der Waals surface area contributed by atoms with Gasteiger partial charge in [0.15, 0.2) is 16.8 Å². The molecule has 1 aliphatic rings. The number of carbonyl (C=O) groups is 1. The standard InChI is InChI=1S/C25H26F2N4OS/c26-21-9-8-17(11-22(21)27)12-23(19-7-4-10-28-13-19)31-24(32)16-33-25-29-14-20(15-30-25)18-5-2-1-3-6-18/h1-3,5-6,8-9,11,14-15,19,23,28H,4,7,10,12-13,16H2,(H,31,32). The Morgan fingerprint density at radius 3 is 2.58 bits per heavy atom. The Balaban J connectivity index is 1.36. The second-order valence-electron chi connectivity index (χ2n) is 8.14. The van der Waals surface area contributed by atoms with Crippen LogP contribution in [-0.4, -0.2) is 40.8 Å². The topological polar surface area (TPSA) is 66.9 Å². The molecule has 0 aliphatic carbocycles. The molecule has 0 saturated carbocycles. The largest absolute Gasteiger partial charge is 0.352 e. The average molecular weight is 469 g/mol. The molecule has 2 N–H and O–H groups in total. The summed E-state index contributed by atoms with van der Waals surface area (Å²) < 4.78 is 27.0. The van der Waals surface area contributed by atoms with Crippen LogP contribution >= 0.6 is 11.8 Å². The minimum atomic E-state index is -0.869. The molecule has 8 heteroatoms. The highest BCUT2D eigenvalue weighted by atomic mass is 32.2. The number of aromatic nitrogens is 2. The molecule has 33 heavy (non-hydrogen) atoms. The normalized spacial score (nSPS) is 16.8. The monoisotopic (exact) mass is 468 g/mol. The SMILES string of the molecule is O=C(CSc1ncc(-c2ccccc2)cn1)NC(Cc1ccc(F)c(F)c1)C1CCCNC1. The van der Waals surface area contributed by atoms with E-state index in [1.54, 1.807) is 18.5 Å². The molecule has 0 spiro atoms. The smallest absolute Gasteiger partial charge is 0.230 e. The molecule has 4 rings (SSSR count). The molecule has 1 aromatic heterocycles. The average Bonchev–Trinajstić information content (AvgIpc) is 2.86. The summed E-state index contributed by atoms with van der Waals surface area (Å²) in [7, 11) is 0. The zero-order valence-corrected chi connectivity index (χ0v) is 19.0. The van der Waals surface area contributed by atoms with Gasteiger partial charge in [-0.3, -0.25) is 4.79 Å². The summed E-state index contributed by atoms with van der Waals surface area (Å²) in [4.78, 5) is 21.5. The van der Waals surface area contributed by atoms with Crippen molar-refractivity contribution in [1.29, 1.82) is 0 Å². The minimum absolute atomic E-state index is 0.131. The Labute approximate surface area is 196 Å². The molecule has 2 unspecified atom stereocenters. The van der Waals surface area contributed by atoms with Gasteiger partial charge in [0.1, 0.15) is 0 Å². The summed E-state index contributed by atoms with van der Waals surface area (Å²) >= 11 is 1.27. The third kappa shape index (κ3) is 6.58. The van der Waals surface area contributed by atoms with Crippen molar-refractivity contribution in [2.24, 2.45) is 5.92 Å². The van der Waals surface area contributed by atoms with Crippen LogP contribution in [0.15, 0.2) is 66.1 Å². The van der Waals surface area contributed by atoms with Gasteiger partial charge in [-0.05, 0) is 61.5 Å². The fourth-order valence-corrected chi connectivity index (χ4v) is 4.63. The van der Waals surface area contributed by atoms with Crippen molar-refractivity contribution in [2.45, 2.75) is 30.5 Å². The highest BCUT2D eigenvalue weighted by Gasteiger charge is 2.25. The maximum Gasteiger partial charge on any atom is 0.230 e. The third-order valence-electron chi connectivity index (χ3n) is 5.76. The van der Waals surface area contributed by atoms with Gasteiger partial charge in [0, 0.05) is 24.0 Å². The molecule has 5 nitrogen and oxygen atoms in total. The summed E-state index contributed by atoms with van der Waals surface area (Å²) in [6.07, 6.45) is 5.94. The molecule has 2 atom stereocenters. The summed E-state index contributed by atoms with van der Waals surface area (Å²) in [5.74, 6) is -1.46. The van der Waals surface area contributed by atoms with E-state index < -0.39 is 11.6 Å². The quantitative estimate of drug-likeness (QED) is 0.382. The van der Waals surface area contributed by atoms with E-state index in [4.69, 9.17) is 0 Å². The molecular weight excluding hydrogens is 442 g/mol. The first kappa shape index (κ1) is 23.3. The summed E-state index contributed by atoms with van der Waals surface area (Å²) in [5, 5.41) is 7.00. The summed E-state index contributed by atoms with van der Waals surface area (Å²) in [5.41, 5.74) is 2.62. The molecule has 2 heterocycles. The zero-order chi connectivity index (χ0) is 23.0. The van der Waals surface area contributed by atoms with Crippen LogP contribution in [-0.2, 0) is 11.2 Å². The van der Waals surface area contributed by atoms with Crippen LogP contribution in [0.2, 0.25) is 0 Å². The van der Waals surface area contributed by atoms with Gasteiger partial charge in [-0.15, -0.1) is 0 Å². The van der Waals surface area contributed by atoms with Crippen molar-refractivity contribution in [3.63, 3.8) is 0 Å². The Morgan fingerprint density at radius 1 is 1.09 bits per heavy atom. The highest BCUT2D eigenvalue weighted by molar-refractivity contribution is 7.99. The Morgan fingerprint density at radius 2 is 1.88 bits per heavy atom. The maximum atomic E-state index is 13.7. The Bertz CT molecular complexity index is 1060. The van der Waals surface area contributed by atoms with E-state index in [1.165, 1.54) is 17.8 Å². The van der Waals surface area contributed by atoms with Crippen molar-refractivity contribution >= 4 is 17.7 Å². The summed E-state index contributed by atoms with van der Waals surface area (Å²) in [6.45, 7) is 1.74. The third-order valence-corrected chi connectivity index (χ3v) is 6.63. The van der Waals surface area contributed by atoms with Gasteiger partial charge < -0.3 is 10.6 Å². The molecule has 2 aromatic carbocycles. The molecule has 0 radical (unpaired) electrons. The van der Waals surface area contributed by atoms with Gasteiger partial charge in [-0.2, -0.15) is 0 Å². The first-order valence-corrected chi connectivity index (χ1v) is 12.0. The number of nitrogens with one attached hydrogen (secondary N) is 2. The van der Waals surface area contributed by atoms with E-state index in [1.807, 2.05) is 30.3 Å². The van der Waals surface area contributed by atoms with E-state index >= 15 is 0 Å². The second-order valence-corrected chi connectivity index (χ2v) is 9.08. The number of piperidine rings is 1. The van der Waals surface area contributed by atoms with Crippen molar-refractivity contribution in [3.8, 4) is 11.1 Å². The molecule has 1 fully saturated rings. The van der Waals surface area contributed by atoms with Gasteiger partial charge in [-0.25, -0.2) is 18.7 Å². The fraction of sp³-hybridized carbons (Fsp3) is 0.320. The number of rotatable bonds is 8. The minimum Gasteiger partial charge on any atom is -0.352 e. The number of carbonyl (C=O) groups excluding carboxylic acids is 1. The van der Waals surface area contributed by atoms with Gasteiger partial charge >= 0.3 is 0 Å². The number of amides is 1. The number of thioether (sulfide) groups is 1. The van der Waals surface area contributed by atoms with Crippen LogP contribution < -0.4 is 10.6 Å². The van der Waals surface area contributed by atoms with Gasteiger partial charge in [-0.1, -0.05) is 48.2 Å². The lowest BCUT2D eigenvalue weighted by molar-refractivity contribution is -0.119. The highest BCUT2D eigenvalue weighted by Crippen LogP contribution is 2.21. The zero-order valence-electron chi connectivity index (χ0n) is 18.1. The van der Waals surface area contributed by atoms with E-state index in [-0.39, 0.29) is 23.6 Å². The lowest BCUT2D eigenvalue weighted by Gasteiger charge is -2.31. The van der Waals surface area contributed by atoms with E-state index in [0.29, 0.717) is 17.1 Å². The molecule has 1 amide bonds. The van der Waals surface area contributed by atoms with Crippen LogP contribution in [0.1, 0.15) is 18.4 Å². The van der Waals surface area contributed by atoms with Crippen LogP contribution in [0, 0.1) is 17.6 Å². The maximum absolute atomic E-state index is 13.7. The fourth-order valence-electron chi connectivity index (χ4n) is 4.03. The van der Waals surface area contributed by atoms with E-state index in [0.717, 1.165) is 43.1 Å². The predicted octanol–water partition coefficient (Wildman–Crippen LogP) is 4.24. The van der Waals surface area contributed by atoms with Crippen LogP contribution in [0.25, 0.3) is 11.1 Å². The first-order chi connectivity index (χ1) is 16.1. The van der Waals surface area contributed by atoms with Crippen molar-refractivity contribution in [1.82, 2.24) is 20.6 Å². The van der Waals surface area contributed by atoms with E-state index in [2.05, 4.69) is 20.6 Å². The second kappa shape index (κ2) is 11.3. The number of hydrogen-bond donors (Lipinski definition) is 2. The molecule has 3 aromatic rings. The van der Waals surface area contributed by atoms with Crippen molar-refractivity contribution in [3.05, 3.63) is 78.1 Å². The Hall–Kier alpha value is -2.84. The number of benzene rings is 2. The number of hydrogen-bond acceptors (Lipinski definition) is 5. The van der Waals surface area contributed by atoms with E-state index in [9.17, 15) is 13.6 Å². The molecular formula is C25H26F2N4OS. The van der Waals surface area contributed by atoms with Crippen LogP contribution in [0.5, 0.6) is 0 Å². The lowest BCUT2D eigenvalue weighted by atomic mass is 9.87.